The summed E-state index contributed by atoms with van der Waals surface area (Å²) >= 11 is 0. The predicted molar refractivity (Wildman–Crippen MR) is 99.7 cm³/mol. The van der Waals surface area contributed by atoms with Crippen LogP contribution < -0.4 is 5.73 Å². The molecule has 0 saturated heterocycles. The third-order valence-corrected chi connectivity index (χ3v) is 4.29. The summed E-state index contributed by atoms with van der Waals surface area (Å²) in [6.45, 7) is 2.03. The summed E-state index contributed by atoms with van der Waals surface area (Å²) in [5.74, 6) is -0.324. The first-order valence-corrected chi connectivity index (χ1v) is 8.30. The first kappa shape index (κ1) is 16.1. The number of pyridine rings is 1. The van der Waals surface area contributed by atoms with Gasteiger partial charge in [0, 0.05) is 22.7 Å². The molecule has 2 aromatic carbocycles. The van der Waals surface area contributed by atoms with Crippen molar-refractivity contribution in [2.45, 2.75) is 13.3 Å². The number of aryl methyl sites for hydroxylation is 1. The second kappa shape index (κ2) is 6.48. The van der Waals surface area contributed by atoms with E-state index >= 15 is 0 Å². The number of fused-ring (bicyclic) bond motifs is 1. The lowest BCUT2D eigenvalue weighted by molar-refractivity contribution is 0.637. The molecule has 2 heterocycles. The van der Waals surface area contributed by atoms with Gasteiger partial charge in [0.1, 0.15) is 22.7 Å². The van der Waals surface area contributed by atoms with Crippen LogP contribution in [0.4, 0.5) is 10.3 Å². The van der Waals surface area contributed by atoms with Crippen LogP contribution in [0.15, 0.2) is 54.7 Å². The number of aromatic nitrogens is 4. The molecule has 0 amide bonds. The van der Waals surface area contributed by atoms with E-state index in [0.717, 1.165) is 22.9 Å². The molecule has 0 radical (unpaired) electrons. The second-order valence-electron chi connectivity index (χ2n) is 5.91. The Labute approximate surface area is 149 Å². The van der Waals surface area contributed by atoms with Crippen LogP contribution in [0, 0.1) is 5.82 Å². The van der Waals surface area contributed by atoms with Crippen molar-refractivity contribution in [3.63, 3.8) is 0 Å². The molecule has 128 valence electrons. The Morgan fingerprint density at radius 3 is 2.54 bits per heavy atom. The SMILES string of the molecule is CCc1ccnc2c(F)cc(-c3nnc(N)nc3-c3ccccc3)cc12. The summed E-state index contributed by atoms with van der Waals surface area (Å²) in [5.41, 5.74) is 9.60. The zero-order valence-electron chi connectivity index (χ0n) is 14.1. The van der Waals surface area contributed by atoms with Gasteiger partial charge in [-0.05, 0) is 30.2 Å². The van der Waals surface area contributed by atoms with Crippen LogP contribution in [0.2, 0.25) is 0 Å². The number of hydrogen-bond donors (Lipinski definition) is 1. The van der Waals surface area contributed by atoms with E-state index in [2.05, 4.69) is 20.2 Å². The maximum atomic E-state index is 14.7. The van der Waals surface area contributed by atoms with E-state index in [1.807, 2.05) is 49.4 Å². The smallest absolute Gasteiger partial charge is 0.240 e. The third kappa shape index (κ3) is 2.75. The molecule has 0 fully saturated rings. The van der Waals surface area contributed by atoms with Crippen LogP contribution in [0.25, 0.3) is 33.4 Å². The predicted octanol–water partition coefficient (Wildman–Crippen LogP) is 4.04. The minimum absolute atomic E-state index is 0.0739. The summed E-state index contributed by atoms with van der Waals surface area (Å²) in [5, 5.41) is 8.84. The summed E-state index contributed by atoms with van der Waals surface area (Å²) in [6.07, 6.45) is 2.41. The van der Waals surface area contributed by atoms with Crippen LogP contribution >= 0.6 is 0 Å². The molecule has 2 N–H and O–H groups in total. The van der Waals surface area contributed by atoms with Gasteiger partial charge in [-0.2, -0.15) is 0 Å². The van der Waals surface area contributed by atoms with E-state index in [1.165, 1.54) is 6.07 Å². The number of nitrogen functional groups attached to an aromatic ring is 1. The molecular weight excluding hydrogens is 329 g/mol. The van der Waals surface area contributed by atoms with Gasteiger partial charge in [-0.25, -0.2) is 9.37 Å². The number of nitrogens with two attached hydrogens (primary N) is 1. The number of benzene rings is 2. The van der Waals surface area contributed by atoms with Crippen molar-refractivity contribution in [1.82, 2.24) is 20.2 Å². The van der Waals surface area contributed by atoms with Crippen LogP contribution in [0.1, 0.15) is 12.5 Å². The highest BCUT2D eigenvalue weighted by Gasteiger charge is 2.16. The number of rotatable bonds is 3. The minimum atomic E-state index is -0.398. The number of anilines is 1. The van der Waals surface area contributed by atoms with Crippen LogP contribution in [-0.2, 0) is 6.42 Å². The van der Waals surface area contributed by atoms with Crippen molar-refractivity contribution in [3.05, 3.63) is 66.1 Å². The molecule has 26 heavy (non-hydrogen) atoms. The molecule has 0 saturated carbocycles. The molecule has 5 nitrogen and oxygen atoms in total. The highest BCUT2D eigenvalue weighted by molar-refractivity contribution is 5.89. The Kier molecular flexibility index (Phi) is 4.01. The summed E-state index contributed by atoms with van der Waals surface area (Å²) in [6, 6.07) is 14.7. The molecule has 0 atom stereocenters. The molecule has 0 aliphatic rings. The van der Waals surface area contributed by atoms with Gasteiger partial charge < -0.3 is 5.73 Å². The van der Waals surface area contributed by atoms with Crippen LogP contribution in [0.3, 0.4) is 0 Å². The molecule has 0 aliphatic heterocycles. The standard InChI is InChI=1S/C20H16FN5/c1-2-12-8-9-23-19-15(12)10-14(11-16(19)21)18-17(24-20(22)26-25-18)13-6-4-3-5-7-13/h3-11H,2H2,1H3,(H2,22,24,26). The van der Waals surface area contributed by atoms with Gasteiger partial charge in [0.15, 0.2) is 0 Å². The minimum Gasteiger partial charge on any atom is -0.366 e. The fourth-order valence-corrected chi connectivity index (χ4v) is 3.04. The van der Waals surface area contributed by atoms with Gasteiger partial charge in [0.2, 0.25) is 5.95 Å². The Morgan fingerprint density at radius 1 is 0.962 bits per heavy atom. The summed E-state index contributed by atoms with van der Waals surface area (Å²) in [4.78, 5) is 8.51. The van der Waals surface area contributed by atoms with E-state index in [9.17, 15) is 4.39 Å². The first-order valence-electron chi connectivity index (χ1n) is 8.30. The molecule has 4 rings (SSSR count). The molecule has 0 unspecified atom stereocenters. The first-order chi connectivity index (χ1) is 12.7. The Hall–Kier alpha value is -3.41. The van der Waals surface area contributed by atoms with Crippen LogP contribution in [0.5, 0.6) is 0 Å². The van der Waals surface area contributed by atoms with Crippen molar-refractivity contribution in [2.24, 2.45) is 0 Å². The van der Waals surface area contributed by atoms with Crippen molar-refractivity contribution in [3.8, 4) is 22.5 Å². The Bertz CT molecular complexity index is 1100. The molecule has 0 aliphatic carbocycles. The van der Waals surface area contributed by atoms with Gasteiger partial charge in [-0.3, -0.25) is 4.98 Å². The van der Waals surface area contributed by atoms with Crippen LogP contribution in [-0.4, -0.2) is 20.2 Å². The largest absolute Gasteiger partial charge is 0.366 e. The molecule has 6 heteroatoms. The molecule has 0 spiro atoms. The summed E-state index contributed by atoms with van der Waals surface area (Å²) < 4.78 is 14.7. The van der Waals surface area contributed by atoms with Gasteiger partial charge in [0.05, 0.1) is 0 Å². The number of nitrogens with zero attached hydrogens (tertiary/aromatic N) is 4. The lowest BCUT2D eigenvalue weighted by Gasteiger charge is -2.11. The average Bonchev–Trinajstić information content (AvgIpc) is 2.68. The van der Waals surface area contributed by atoms with Gasteiger partial charge >= 0.3 is 0 Å². The fourth-order valence-electron chi connectivity index (χ4n) is 3.04. The molecular formula is C20H16FN5. The number of hydrogen-bond acceptors (Lipinski definition) is 5. The van der Waals surface area contributed by atoms with E-state index in [4.69, 9.17) is 5.73 Å². The van der Waals surface area contributed by atoms with Crippen molar-refractivity contribution in [2.75, 3.05) is 5.73 Å². The van der Waals surface area contributed by atoms with Crippen molar-refractivity contribution in [1.29, 1.82) is 0 Å². The van der Waals surface area contributed by atoms with Crippen molar-refractivity contribution >= 4 is 16.9 Å². The lowest BCUT2D eigenvalue weighted by atomic mass is 9.99. The van der Waals surface area contributed by atoms with E-state index in [0.29, 0.717) is 22.5 Å². The quantitative estimate of drug-likeness (QED) is 0.606. The zero-order chi connectivity index (χ0) is 18.1. The Morgan fingerprint density at radius 2 is 1.77 bits per heavy atom. The number of halogens is 1. The van der Waals surface area contributed by atoms with E-state index in [1.54, 1.807) is 6.20 Å². The van der Waals surface area contributed by atoms with Gasteiger partial charge in [-0.15, -0.1) is 10.2 Å². The second-order valence-corrected chi connectivity index (χ2v) is 5.91. The topological polar surface area (TPSA) is 77.6 Å². The normalized spacial score (nSPS) is 11.0. The van der Waals surface area contributed by atoms with Gasteiger partial charge in [0.25, 0.3) is 0 Å². The lowest BCUT2D eigenvalue weighted by Crippen LogP contribution is -2.03. The highest BCUT2D eigenvalue weighted by Crippen LogP contribution is 2.32. The fraction of sp³-hybridized carbons (Fsp3) is 0.100. The summed E-state index contributed by atoms with van der Waals surface area (Å²) in [7, 11) is 0. The maximum absolute atomic E-state index is 14.7. The third-order valence-electron chi connectivity index (χ3n) is 4.29. The monoisotopic (exact) mass is 345 g/mol. The molecule has 0 bridgehead atoms. The Balaban J connectivity index is 1.99. The maximum Gasteiger partial charge on any atom is 0.240 e. The van der Waals surface area contributed by atoms with Gasteiger partial charge in [-0.1, -0.05) is 37.3 Å². The molecule has 4 aromatic rings. The van der Waals surface area contributed by atoms with E-state index in [-0.39, 0.29) is 5.95 Å². The zero-order valence-corrected chi connectivity index (χ0v) is 14.1. The molecule has 2 aromatic heterocycles. The highest BCUT2D eigenvalue weighted by atomic mass is 19.1. The van der Waals surface area contributed by atoms with E-state index < -0.39 is 5.82 Å². The average molecular weight is 345 g/mol. The van der Waals surface area contributed by atoms with Crippen molar-refractivity contribution < 1.29 is 4.39 Å².